The fourth-order valence-corrected chi connectivity index (χ4v) is 1.41. The standard InChI is InChI=1S/C9H10N/c1-7-6-8-4-2-3-5-9(8)10-7/h2-5,7H,6H2,1H3. The Balaban J connectivity index is 2.42. The van der Waals surface area contributed by atoms with Crippen LogP contribution in [0.4, 0.5) is 5.69 Å². The molecule has 0 aliphatic carbocycles. The molecule has 0 aromatic heterocycles. The summed E-state index contributed by atoms with van der Waals surface area (Å²) in [6.45, 7) is 2.15. The van der Waals surface area contributed by atoms with E-state index < -0.39 is 0 Å². The van der Waals surface area contributed by atoms with E-state index in [0.29, 0.717) is 6.04 Å². The van der Waals surface area contributed by atoms with Gasteiger partial charge in [0.15, 0.2) is 0 Å². The molecular weight excluding hydrogens is 122 g/mol. The molecule has 0 spiro atoms. The van der Waals surface area contributed by atoms with Gasteiger partial charge in [0.1, 0.15) is 0 Å². The minimum Gasteiger partial charge on any atom is -0.282 e. The van der Waals surface area contributed by atoms with Crippen molar-refractivity contribution in [2.75, 3.05) is 0 Å². The predicted molar refractivity (Wildman–Crippen MR) is 41.4 cm³/mol. The Morgan fingerprint density at radius 3 is 3.00 bits per heavy atom. The molecular formula is C9H10N. The van der Waals surface area contributed by atoms with Crippen molar-refractivity contribution < 1.29 is 0 Å². The summed E-state index contributed by atoms with van der Waals surface area (Å²) >= 11 is 0. The maximum Gasteiger partial charge on any atom is 0.0610 e. The van der Waals surface area contributed by atoms with Crippen molar-refractivity contribution in [2.24, 2.45) is 0 Å². The van der Waals surface area contributed by atoms with Crippen LogP contribution >= 0.6 is 0 Å². The number of rotatable bonds is 0. The lowest BCUT2D eigenvalue weighted by Crippen LogP contribution is -2.07. The normalized spacial score (nSPS) is 21.9. The van der Waals surface area contributed by atoms with Crippen LogP contribution in [0, 0.1) is 0 Å². The van der Waals surface area contributed by atoms with Crippen LogP contribution in [-0.4, -0.2) is 6.04 Å². The van der Waals surface area contributed by atoms with E-state index in [9.17, 15) is 0 Å². The smallest absolute Gasteiger partial charge is 0.0610 e. The van der Waals surface area contributed by atoms with Crippen molar-refractivity contribution >= 4 is 5.69 Å². The van der Waals surface area contributed by atoms with Gasteiger partial charge in [-0.05, 0) is 25.0 Å². The molecule has 0 amide bonds. The van der Waals surface area contributed by atoms with E-state index in [2.05, 4.69) is 30.4 Å². The van der Waals surface area contributed by atoms with Gasteiger partial charge in [-0.3, -0.25) is 5.32 Å². The van der Waals surface area contributed by atoms with E-state index in [4.69, 9.17) is 0 Å². The molecule has 1 heteroatoms. The molecule has 1 nitrogen and oxygen atoms in total. The maximum atomic E-state index is 4.45. The van der Waals surface area contributed by atoms with Crippen molar-refractivity contribution in [3.63, 3.8) is 0 Å². The highest BCUT2D eigenvalue weighted by atomic mass is 14.9. The lowest BCUT2D eigenvalue weighted by Gasteiger charge is -1.95. The lowest BCUT2D eigenvalue weighted by atomic mass is 10.1. The van der Waals surface area contributed by atoms with Crippen molar-refractivity contribution in [2.45, 2.75) is 19.4 Å². The van der Waals surface area contributed by atoms with Crippen LogP contribution in [0.2, 0.25) is 0 Å². The largest absolute Gasteiger partial charge is 0.282 e. The molecule has 10 heavy (non-hydrogen) atoms. The summed E-state index contributed by atoms with van der Waals surface area (Å²) in [5.74, 6) is 0. The molecule has 1 atom stereocenters. The zero-order valence-electron chi connectivity index (χ0n) is 6.04. The first-order valence-electron chi connectivity index (χ1n) is 3.65. The molecule has 0 N–H and O–H groups in total. The monoisotopic (exact) mass is 132 g/mol. The first kappa shape index (κ1) is 5.78. The Bertz CT molecular complexity index is 217. The highest BCUT2D eigenvalue weighted by molar-refractivity contribution is 5.48. The van der Waals surface area contributed by atoms with Crippen LogP contribution in [0.3, 0.4) is 0 Å². The molecule has 0 saturated carbocycles. The van der Waals surface area contributed by atoms with E-state index in [0.717, 1.165) is 6.42 Å². The van der Waals surface area contributed by atoms with E-state index in [-0.39, 0.29) is 0 Å². The van der Waals surface area contributed by atoms with Crippen molar-refractivity contribution in [3.8, 4) is 0 Å². The first-order valence-corrected chi connectivity index (χ1v) is 3.65. The Hall–Kier alpha value is -0.980. The van der Waals surface area contributed by atoms with Crippen LogP contribution in [-0.2, 0) is 6.42 Å². The Morgan fingerprint density at radius 2 is 2.20 bits per heavy atom. The molecule has 2 rings (SSSR count). The van der Waals surface area contributed by atoms with Gasteiger partial charge in [-0.1, -0.05) is 18.2 Å². The van der Waals surface area contributed by atoms with Crippen LogP contribution in [0.15, 0.2) is 24.3 Å². The topological polar surface area (TPSA) is 14.1 Å². The Morgan fingerprint density at radius 1 is 1.40 bits per heavy atom. The quantitative estimate of drug-likeness (QED) is 0.511. The fraction of sp³-hybridized carbons (Fsp3) is 0.333. The summed E-state index contributed by atoms with van der Waals surface area (Å²) in [5, 5.41) is 4.45. The predicted octanol–water partition coefficient (Wildman–Crippen LogP) is 1.87. The minimum absolute atomic E-state index is 0.498. The zero-order chi connectivity index (χ0) is 6.97. The molecule has 1 unspecified atom stereocenters. The van der Waals surface area contributed by atoms with Gasteiger partial charge >= 0.3 is 0 Å². The summed E-state index contributed by atoms with van der Waals surface area (Å²) < 4.78 is 0. The second-order valence-corrected chi connectivity index (χ2v) is 2.81. The zero-order valence-corrected chi connectivity index (χ0v) is 6.04. The van der Waals surface area contributed by atoms with Gasteiger partial charge < -0.3 is 0 Å². The third-order valence-corrected chi connectivity index (χ3v) is 1.87. The molecule has 1 aromatic carbocycles. The van der Waals surface area contributed by atoms with Crippen LogP contribution in [0.1, 0.15) is 12.5 Å². The molecule has 1 aromatic rings. The van der Waals surface area contributed by atoms with Crippen molar-refractivity contribution in [3.05, 3.63) is 29.8 Å². The van der Waals surface area contributed by atoms with Gasteiger partial charge in [0.05, 0.1) is 11.7 Å². The second kappa shape index (κ2) is 2.01. The Labute approximate surface area is 61.1 Å². The number of hydrogen-bond acceptors (Lipinski definition) is 0. The first-order chi connectivity index (χ1) is 4.86. The highest BCUT2D eigenvalue weighted by Gasteiger charge is 2.16. The molecule has 1 heterocycles. The third-order valence-electron chi connectivity index (χ3n) is 1.87. The van der Waals surface area contributed by atoms with E-state index in [1.54, 1.807) is 0 Å². The second-order valence-electron chi connectivity index (χ2n) is 2.81. The molecule has 1 radical (unpaired) electrons. The number of para-hydroxylation sites is 1. The molecule has 1 aliphatic rings. The van der Waals surface area contributed by atoms with Crippen LogP contribution in [0.5, 0.6) is 0 Å². The number of fused-ring (bicyclic) bond motifs is 1. The van der Waals surface area contributed by atoms with Gasteiger partial charge in [-0.15, -0.1) is 0 Å². The lowest BCUT2D eigenvalue weighted by molar-refractivity contribution is 0.684. The van der Waals surface area contributed by atoms with E-state index >= 15 is 0 Å². The van der Waals surface area contributed by atoms with E-state index in [1.807, 2.05) is 6.07 Å². The Kier molecular flexibility index (Phi) is 1.16. The maximum absolute atomic E-state index is 4.45. The van der Waals surface area contributed by atoms with Gasteiger partial charge in [0.2, 0.25) is 0 Å². The molecule has 0 bridgehead atoms. The summed E-state index contributed by atoms with van der Waals surface area (Å²) in [7, 11) is 0. The van der Waals surface area contributed by atoms with Crippen molar-refractivity contribution in [1.82, 2.24) is 5.32 Å². The number of benzene rings is 1. The summed E-state index contributed by atoms with van der Waals surface area (Å²) in [4.78, 5) is 0. The summed E-state index contributed by atoms with van der Waals surface area (Å²) in [5.41, 5.74) is 2.59. The van der Waals surface area contributed by atoms with Gasteiger partial charge in [-0.2, -0.15) is 0 Å². The molecule has 51 valence electrons. The third kappa shape index (κ3) is 0.783. The average Bonchev–Trinajstić information content (AvgIpc) is 2.27. The van der Waals surface area contributed by atoms with Gasteiger partial charge in [0.25, 0.3) is 0 Å². The van der Waals surface area contributed by atoms with Gasteiger partial charge in [-0.25, -0.2) is 0 Å². The minimum atomic E-state index is 0.498. The average molecular weight is 132 g/mol. The molecule has 0 saturated heterocycles. The van der Waals surface area contributed by atoms with Gasteiger partial charge in [0, 0.05) is 0 Å². The summed E-state index contributed by atoms with van der Waals surface area (Å²) in [6, 6.07) is 8.85. The van der Waals surface area contributed by atoms with E-state index in [1.165, 1.54) is 11.3 Å². The van der Waals surface area contributed by atoms with Crippen molar-refractivity contribution in [1.29, 1.82) is 0 Å². The SMILES string of the molecule is CC1Cc2ccccc2[N]1. The summed E-state index contributed by atoms with van der Waals surface area (Å²) in [6.07, 6.45) is 1.12. The number of nitrogens with zero attached hydrogens (tertiary/aromatic N) is 1. The van der Waals surface area contributed by atoms with Crippen LogP contribution in [0.25, 0.3) is 0 Å². The number of hydrogen-bond donors (Lipinski definition) is 0. The highest BCUT2D eigenvalue weighted by Crippen LogP contribution is 2.24. The molecule has 0 fully saturated rings. The van der Waals surface area contributed by atoms with Crippen LogP contribution < -0.4 is 5.32 Å². The fourth-order valence-electron chi connectivity index (χ4n) is 1.41. The molecule has 1 aliphatic heterocycles.